The van der Waals surface area contributed by atoms with Crippen LogP contribution in [-0.4, -0.2) is 18.1 Å². The lowest BCUT2D eigenvalue weighted by Crippen LogP contribution is -2.15. The van der Waals surface area contributed by atoms with Crippen molar-refractivity contribution in [1.29, 1.82) is 0 Å². The van der Waals surface area contributed by atoms with Crippen LogP contribution >= 0.6 is 11.3 Å². The molecule has 4 rings (SSSR count). The van der Waals surface area contributed by atoms with Crippen LogP contribution in [-0.2, 0) is 13.0 Å². The van der Waals surface area contributed by atoms with Gasteiger partial charge in [0.25, 0.3) is 0 Å². The Hall–Kier alpha value is -2.93. The second kappa shape index (κ2) is 6.66. The zero-order valence-electron chi connectivity index (χ0n) is 14.5. The lowest BCUT2D eigenvalue weighted by molar-refractivity contribution is 0.0692. The number of allylic oxidation sites excluding steroid dienone is 1. The van der Waals surface area contributed by atoms with E-state index in [4.69, 9.17) is 9.52 Å². The lowest BCUT2D eigenvalue weighted by Gasteiger charge is -2.19. The Morgan fingerprint density at radius 1 is 1.30 bits per heavy atom. The summed E-state index contributed by atoms with van der Waals surface area (Å²) >= 11 is 1.36. The van der Waals surface area contributed by atoms with Gasteiger partial charge in [-0.25, -0.2) is 14.0 Å². The van der Waals surface area contributed by atoms with Crippen LogP contribution in [0.25, 0.3) is 16.4 Å². The van der Waals surface area contributed by atoms with Gasteiger partial charge in [-0.3, -0.25) is 0 Å². The molecule has 27 heavy (non-hydrogen) atoms. The molecule has 1 aliphatic rings. The fraction of sp³-hybridized carbons (Fsp3) is 0.200. The predicted octanol–water partition coefficient (Wildman–Crippen LogP) is 4.45. The smallest absolute Gasteiger partial charge is 0.351 e. The topological polar surface area (TPSA) is 70.8 Å². The molecule has 0 unspecified atom stereocenters. The molecule has 2 aromatic heterocycles. The van der Waals surface area contributed by atoms with Gasteiger partial charge in [0.05, 0.1) is 9.70 Å². The van der Waals surface area contributed by atoms with E-state index in [0.717, 1.165) is 21.7 Å². The highest BCUT2D eigenvalue weighted by molar-refractivity contribution is 7.22. The van der Waals surface area contributed by atoms with Gasteiger partial charge in [-0.2, -0.15) is 0 Å². The predicted molar refractivity (Wildman–Crippen MR) is 103 cm³/mol. The van der Waals surface area contributed by atoms with Crippen molar-refractivity contribution in [2.24, 2.45) is 0 Å². The van der Waals surface area contributed by atoms with Crippen molar-refractivity contribution in [3.8, 4) is 0 Å². The maximum atomic E-state index is 13.4. The number of thiophene rings is 1. The summed E-state index contributed by atoms with van der Waals surface area (Å²) in [5, 5.41) is 9.92. The quantitative estimate of drug-likeness (QED) is 0.719. The van der Waals surface area contributed by atoms with Crippen LogP contribution in [0.4, 0.5) is 9.39 Å². The number of fused-ring (bicyclic) bond motifs is 2. The molecule has 0 atom stereocenters. The number of benzene rings is 1. The molecule has 7 heteroatoms. The number of aryl methyl sites for hydroxylation is 1. The largest absolute Gasteiger partial charge is 0.477 e. The lowest BCUT2D eigenvalue weighted by atomic mass is 9.95. The molecule has 0 saturated heterocycles. The van der Waals surface area contributed by atoms with Gasteiger partial charge in [0.2, 0.25) is 0 Å². The van der Waals surface area contributed by atoms with Crippen molar-refractivity contribution in [2.45, 2.75) is 19.4 Å². The third-order valence-corrected chi connectivity index (χ3v) is 5.77. The number of carboxylic acids is 1. The third-order valence-electron chi connectivity index (χ3n) is 4.59. The van der Waals surface area contributed by atoms with E-state index in [1.807, 2.05) is 24.1 Å². The summed E-state index contributed by atoms with van der Waals surface area (Å²) < 4.78 is 19.1. The third kappa shape index (κ3) is 3.38. The molecule has 0 bridgehead atoms. The number of nitrogens with zero attached hydrogens (tertiary/aromatic N) is 1. The first-order chi connectivity index (χ1) is 12.9. The first kappa shape index (κ1) is 17.5. The zero-order chi connectivity index (χ0) is 19.1. The molecule has 0 spiro atoms. The minimum absolute atomic E-state index is 0.0835. The van der Waals surface area contributed by atoms with Crippen LogP contribution in [0.1, 0.15) is 33.5 Å². The average molecular weight is 385 g/mol. The summed E-state index contributed by atoms with van der Waals surface area (Å²) in [6, 6.07) is 9.08. The number of anilines is 1. The molecule has 5 nitrogen and oxygen atoms in total. The molecule has 2 heterocycles. The number of carbonyl (C=O) groups is 1. The van der Waals surface area contributed by atoms with Gasteiger partial charge in [0.15, 0.2) is 5.58 Å². The number of aromatic carboxylic acids is 1. The molecule has 138 valence electrons. The first-order valence-electron chi connectivity index (χ1n) is 8.41. The van der Waals surface area contributed by atoms with E-state index < -0.39 is 11.6 Å². The molecule has 0 radical (unpaired) electrons. The summed E-state index contributed by atoms with van der Waals surface area (Å²) in [4.78, 5) is 24.8. The average Bonchev–Trinajstić information content (AvgIpc) is 3.04. The maximum Gasteiger partial charge on any atom is 0.351 e. The molecule has 0 aliphatic heterocycles. The Morgan fingerprint density at radius 3 is 2.89 bits per heavy atom. The highest BCUT2D eigenvalue weighted by atomic mass is 32.1. The highest BCUT2D eigenvalue weighted by Gasteiger charge is 2.16. The zero-order valence-corrected chi connectivity index (χ0v) is 15.3. The maximum absolute atomic E-state index is 13.4. The minimum Gasteiger partial charge on any atom is -0.477 e. The van der Waals surface area contributed by atoms with Crippen molar-refractivity contribution < 1.29 is 18.7 Å². The summed E-state index contributed by atoms with van der Waals surface area (Å²) in [6.45, 7) is 0.627. The van der Waals surface area contributed by atoms with E-state index in [-0.39, 0.29) is 11.4 Å². The molecule has 0 saturated carbocycles. The van der Waals surface area contributed by atoms with Crippen molar-refractivity contribution in [2.75, 3.05) is 11.9 Å². The van der Waals surface area contributed by atoms with E-state index in [9.17, 15) is 14.0 Å². The van der Waals surface area contributed by atoms with Gasteiger partial charge in [0, 0.05) is 26.1 Å². The molecular weight excluding hydrogens is 369 g/mol. The van der Waals surface area contributed by atoms with Crippen LogP contribution in [0.5, 0.6) is 0 Å². The second-order valence-electron chi connectivity index (χ2n) is 6.55. The van der Waals surface area contributed by atoms with Crippen molar-refractivity contribution in [1.82, 2.24) is 0 Å². The van der Waals surface area contributed by atoms with Crippen LogP contribution in [0.3, 0.4) is 0 Å². The standard InChI is InChI=1S/C20H16FNO4S/c1-22(10-11-2-3-13-7-14(21)5-4-12(13)6-11)18-9-16-17(27-18)8-15(19(23)24)20(25)26-16/h2-3,6-9H,4-5,10H2,1H3,(H,23,24). The normalized spacial score (nSPS) is 13.3. The molecule has 0 fully saturated rings. The van der Waals surface area contributed by atoms with E-state index in [2.05, 4.69) is 6.07 Å². The minimum atomic E-state index is -1.30. The monoisotopic (exact) mass is 385 g/mol. The summed E-state index contributed by atoms with van der Waals surface area (Å²) in [7, 11) is 1.92. The number of rotatable bonds is 4. The van der Waals surface area contributed by atoms with Crippen molar-refractivity contribution >= 4 is 38.7 Å². The van der Waals surface area contributed by atoms with Gasteiger partial charge in [-0.15, -0.1) is 11.3 Å². The van der Waals surface area contributed by atoms with Crippen LogP contribution in [0.2, 0.25) is 0 Å². The molecule has 1 N–H and O–H groups in total. The Labute approximate surface area is 158 Å². The first-order valence-corrected chi connectivity index (χ1v) is 9.22. The van der Waals surface area contributed by atoms with E-state index >= 15 is 0 Å². The molecular formula is C20H16FNO4S. The fourth-order valence-corrected chi connectivity index (χ4v) is 4.19. The van der Waals surface area contributed by atoms with Gasteiger partial charge in [0.1, 0.15) is 11.4 Å². The Balaban J connectivity index is 1.61. The van der Waals surface area contributed by atoms with Gasteiger partial charge < -0.3 is 14.4 Å². The molecule has 3 aromatic rings. The Bertz CT molecular complexity index is 1140. The molecule has 1 aliphatic carbocycles. The fourth-order valence-electron chi connectivity index (χ4n) is 3.20. The van der Waals surface area contributed by atoms with Crippen LogP contribution in [0.15, 0.2) is 45.4 Å². The van der Waals surface area contributed by atoms with E-state index in [0.29, 0.717) is 29.7 Å². The number of carboxylic acid groups (broad SMARTS) is 1. The molecule has 0 amide bonds. The Kier molecular flexibility index (Phi) is 4.31. The van der Waals surface area contributed by atoms with Crippen LogP contribution < -0.4 is 10.5 Å². The highest BCUT2D eigenvalue weighted by Crippen LogP contribution is 2.33. The second-order valence-corrected chi connectivity index (χ2v) is 7.61. The summed E-state index contributed by atoms with van der Waals surface area (Å²) in [5.74, 6) is -1.38. The van der Waals surface area contributed by atoms with Crippen molar-refractivity contribution in [3.63, 3.8) is 0 Å². The van der Waals surface area contributed by atoms with E-state index in [1.165, 1.54) is 17.4 Å². The SMILES string of the molecule is CN(Cc1ccc2c(c1)CCC(F)=C2)c1cc2oc(=O)c(C(=O)O)cc2s1. The van der Waals surface area contributed by atoms with Crippen LogP contribution in [0, 0.1) is 0 Å². The summed E-state index contributed by atoms with van der Waals surface area (Å²) in [6.07, 6.45) is 2.72. The van der Waals surface area contributed by atoms with Gasteiger partial charge >= 0.3 is 11.6 Å². The number of hydrogen-bond donors (Lipinski definition) is 1. The Morgan fingerprint density at radius 2 is 2.11 bits per heavy atom. The molecule has 1 aromatic carbocycles. The van der Waals surface area contributed by atoms with Gasteiger partial charge in [-0.05, 0) is 35.3 Å². The van der Waals surface area contributed by atoms with Crippen molar-refractivity contribution in [3.05, 3.63) is 68.8 Å². The number of hydrogen-bond acceptors (Lipinski definition) is 5. The van der Waals surface area contributed by atoms with E-state index in [1.54, 1.807) is 12.1 Å². The number of halogens is 1. The van der Waals surface area contributed by atoms with Gasteiger partial charge in [-0.1, -0.05) is 18.2 Å². The summed E-state index contributed by atoms with van der Waals surface area (Å²) in [5.41, 5.74) is 2.32.